The minimum atomic E-state index is -0.691. The Morgan fingerprint density at radius 1 is 1.23 bits per heavy atom. The van der Waals surface area contributed by atoms with Crippen molar-refractivity contribution in [3.8, 4) is 0 Å². The first kappa shape index (κ1) is 13.7. The van der Waals surface area contributed by atoms with E-state index in [2.05, 4.69) is 15.3 Å². The number of carbonyl (C=O) groups excluding carboxylic acids is 2. The van der Waals surface area contributed by atoms with Crippen LogP contribution in [0.2, 0.25) is 0 Å². The highest BCUT2D eigenvalue weighted by atomic mass is 16.2. The second kappa shape index (κ2) is 4.76. The third kappa shape index (κ3) is 2.26. The first-order chi connectivity index (χ1) is 10.6. The summed E-state index contributed by atoms with van der Waals surface area (Å²) < 4.78 is 0. The molecule has 3 amide bonds. The Balaban J connectivity index is 1.40. The van der Waals surface area contributed by atoms with E-state index in [-0.39, 0.29) is 11.9 Å². The molecule has 1 aliphatic heterocycles. The molecule has 0 aromatic carbocycles. The van der Waals surface area contributed by atoms with E-state index in [1.165, 1.54) is 17.7 Å². The van der Waals surface area contributed by atoms with Gasteiger partial charge in [-0.1, -0.05) is 0 Å². The van der Waals surface area contributed by atoms with Gasteiger partial charge in [0.1, 0.15) is 11.4 Å². The number of urea groups is 1. The zero-order valence-electron chi connectivity index (χ0n) is 12.7. The van der Waals surface area contributed by atoms with Crippen molar-refractivity contribution in [3.05, 3.63) is 23.8 Å². The zero-order chi connectivity index (χ0) is 15.3. The van der Waals surface area contributed by atoms with Crippen molar-refractivity contribution in [2.24, 2.45) is 5.92 Å². The number of nitrogens with zero attached hydrogens (tertiary/aromatic N) is 3. The number of aromatic nitrogens is 2. The van der Waals surface area contributed by atoms with Crippen molar-refractivity contribution in [2.75, 3.05) is 6.54 Å². The minimum absolute atomic E-state index is 0.0875. The normalized spacial score (nSPS) is 28.1. The summed E-state index contributed by atoms with van der Waals surface area (Å²) in [5, 5.41) is 2.87. The van der Waals surface area contributed by atoms with E-state index in [1.54, 1.807) is 0 Å². The number of amides is 3. The van der Waals surface area contributed by atoms with Crippen LogP contribution in [0, 0.1) is 5.92 Å². The summed E-state index contributed by atoms with van der Waals surface area (Å²) in [6, 6.07) is -0.269. The van der Waals surface area contributed by atoms with Gasteiger partial charge in [0.15, 0.2) is 0 Å². The van der Waals surface area contributed by atoms with Crippen molar-refractivity contribution >= 4 is 11.9 Å². The highest BCUT2D eigenvalue weighted by Crippen LogP contribution is 2.42. The molecular weight excluding hydrogens is 280 g/mol. The molecular formula is C16H20N4O2. The second-order valence-corrected chi connectivity index (χ2v) is 6.84. The van der Waals surface area contributed by atoms with Crippen LogP contribution in [-0.2, 0) is 11.2 Å². The predicted molar refractivity (Wildman–Crippen MR) is 79.1 cm³/mol. The summed E-state index contributed by atoms with van der Waals surface area (Å²) in [5.74, 6) is 1.67. The number of carbonyl (C=O) groups is 2. The third-order valence-electron chi connectivity index (χ3n) is 4.99. The summed E-state index contributed by atoms with van der Waals surface area (Å²) in [7, 11) is 0. The van der Waals surface area contributed by atoms with Crippen molar-refractivity contribution in [2.45, 2.75) is 50.5 Å². The number of rotatable bonds is 5. The Morgan fingerprint density at radius 3 is 2.50 bits per heavy atom. The molecule has 0 radical (unpaired) electrons. The van der Waals surface area contributed by atoms with E-state index in [4.69, 9.17) is 0 Å². The van der Waals surface area contributed by atoms with Gasteiger partial charge in [0, 0.05) is 24.9 Å². The summed E-state index contributed by atoms with van der Waals surface area (Å²) in [6.07, 6.45) is 8.64. The fraction of sp³-hybridized carbons (Fsp3) is 0.625. The maximum atomic E-state index is 12.5. The summed E-state index contributed by atoms with van der Waals surface area (Å²) in [4.78, 5) is 34.7. The molecule has 0 spiro atoms. The highest BCUT2D eigenvalue weighted by Gasteiger charge is 2.55. The average molecular weight is 300 g/mol. The number of hydrogen-bond donors (Lipinski definition) is 1. The predicted octanol–water partition coefficient (Wildman–Crippen LogP) is 1.62. The van der Waals surface area contributed by atoms with E-state index in [1.807, 2.05) is 19.3 Å². The van der Waals surface area contributed by atoms with Crippen LogP contribution in [0.3, 0.4) is 0 Å². The Kier molecular flexibility index (Phi) is 2.96. The van der Waals surface area contributed by atoms with Crippen LogP contribution in [0.4, 0.5) is 4.79 Å². The third-order valence-corrected chi connectivity index (χ3v) is 4.99. The minimum Gasteiger partial charge on any atom is -0.323 e. The fourth-order valence-electron chi connectivity index (χ4n) is 3.14. The number of imide groups is 1. The quantitative estimate of drug-likeness (QED) is 0.838. The van der Waals surface area contributed by atoms with Crippen molar-refractivity contribution in [1.82, 2.24) is 20.2 Å². The van der Waals surface area contributed by atoms with Gasteiger partial charge >= 0.3 is 6.03 Å². The lowest BCUT2D eigenvalue weighted by Crippen LogP contribution is -2.46. The molecule has 1 aromatic heterocycles. The molecule has 6 nitrogen and oxygen atoms in total. The van der Waals surface area contributed by atoms with E-state index in [0.717, 1.165) is 24.2 Å². The molecule has 1 aromatic rings. The van der Waals surface area contributed by atoms with Crippen LogP contribution >= 0.6 is 0 Å². The standard InChI is InChI=1S/C16H20N4O2/c1-16(12-4-5-12)14(21)20(15(22)19-16)7-6-10-8-17-13(18-9-10)11-2-3-11/h8-9,11-12H,2-7H2,1H3,(H,19,22)/t16-/m1/s1. The maximum absolute atomic E-state index is 12.5. The molecule has 6 heteroatoms. The molecule has 1 atom stereocenters. The van der Waals surface area contributed by atoms with Gasteiger partial charge in [-0.3, -0.25) is 9.69 Å². The Bertz CT molecular complexity index is 622. The number of hydrogen-bond acceptors (Lipinski definition) is 4. The molecule has 116 valence electrons. The Hall–Kier alpha value is -1.98. The zero-order valence-corrected chi connectivity index (χ0v) is 12.7. The van der Waals surface area contributed by atoms with Gasteiger partial charge in [0.25, 0.3) is 5.91 Å². The lowest BCUT2D eigenvalue weighted by molar-refractivity contribution is -0.131. The summed E-state index contributed by atoms with van der Waals surface area (Å²) in [6.45, 7) is 2.23. The molecule has 22 heavy (non-hydrogen) atoms. The molecule has 0 unspecified atom stereocenters. The summed E-state index contributed by atoms with van der Waals surface area (Å²) in [5.41, 5.74) is 0.272. The molecule has 4 rings (SSSR count). The van der Waals surface area contributed by atoms with Crippen LogP contribution in [0.5, 0.6) is 0 Å². The van der Waals surface area contributed by atoms with Crippen LogP contribution in [0.25, 0.3) is 0 Å². The van der Waals surface area contributed by atoms with Crippen molar-refractivity contribution in [1.29, 1.82) is 0 Å². The van der Waals surface area contributed by atoms with Gasteiger partial charge in [-0.05, 0) is 50.5 Å². The van der Waals surface area contributed by atoms with Gasteiger partial charge in [0.2, 0.25) is 0 Å². The molecule has 2 aliphatic carbocycles. The Labute approximate surface area is 129 Å². The molecule has 1 saturated heterocycles. The Morgan fingerprint density at radius 2 is 1.91 bits per heavy atom. The first-order valence-corrected chi connectivity index (χ1v) is 8.03. The fourth-order valence-corrected chi connectivity index (χ4v) is 3.14. The molecule has 3 aliphatic rings. The largest absolute Gasteiger partial charge is 0.325 e. The van der Waals surface area contributed by atoms with Crippen molar-refractivity contribution in [3.63, 3.8) is 0 Å². The topological polar surface area (TPSA) is 75.2 Å². The van der Waals surface area contributed by atoms with Gasteiger partial charge in [0.05, 0.1) is 0 Å². The lowest BCUT2D eigenvalue weighted by atomic mass is 9.96. The SMILES string of the molecule is C[C@]1(C2CC2)NC(=O)N(CCc2cnc(C3CC3)nc2)C1=O. The van der Waals surface area contributed by atoms with E-state index in [9.17, 15) is 9.59 Å². The molecule has 1 N–H and O–H groups in total. The second-order valence-electron chi connectivity index (χ2n) is 6.84. The van der Waals surface area contributed by atoms with Crippen LogP contribution in [0.1, 0.15) is 49.9 Å². The van der Waals surface area contributed by atoms with Gasteiger partial charge < -0.3 is 5.32 Å². The van der Waals surface area contributed by atoms with E-state index in [0.29, 0.717) is 24.8 Å². The number of nitrogens with one attached hydrogen (secondary N) is 1. The van der Waals surface area contributed by atoms with Crippen LogP contribution in [-0.4, -0.2) is 38.9 Å². The molecule has 2 saturated carbocycles. The van der Waals surface area contributed by atoms with Gasteiger partial charge in [-0.15, -0.1) is 0 Å². The van der Waals surface area contributed by atoms with Crippen LogP contribution < -0.4 is 5.32 Å². The maximum Gasteiger partial charge on any atom is 0.325 e. The highest BCUT2D eigenvalue weighted by molar-refractivity contribution is 6.07. The summed E-state index contributed by atoms with van der Waals surface area (Å²) >= 11 is 0. The molecule has 2 heterocycles. The average Bonchev–Trinajstić information content (AvgIpc) is 3.40. The monoisotopic (exact) mass is 300 g/mol. The van der Waals surface area contributed by atoms with Gasteiger partial charge in [-0.2, -0.15) is 0 Å². The molecule has 3 fully saturated rings. The van der Waals surface area contributed by atoms with E-state index < -0.39 is 5.54 Å². The van der Waals surface area contributed by atoms with Crippen LogP contribution in [0.15, 0.2) is 12.4 Å². The van der Waals surface area contributed by atoms with Crippen molar-refractivity contribution < 1.29 is 9.59 Å². The lowest BCUT2D eigenvalue weighted by Gasteiger charge is -2.20. The first-order valence-electron chi connectivity index (χ1n) is 8.03. The van der Waals surface area contributed by atoms with E-state index >= 15 is 0 Å². The van der Waals surface area contributed by atoms with Gasteiger partial charge in [-0.25, -0.2) is 14.8 Å². The molecule has 0 bridgehead atoms. The smallest absolute Gasteiger partial charge is 0.323 e.